The number of aromatic nitrogens is 2. The standard InChI is InChI=1S/C20H26N4O/c1-15-9-5-6-10-17(15)14-21-19-13-18(22-16(2)23-19)20(25)24-11-7-3-4-8-12-24/h5-6,9-10,13H,3-4,7-8,11-12,14H2,1-2H3,(H,21,22,23). The van der Waals surface area contributed by atoms with Gasteiger partial charge in [0.15, 0.2) is 0 Å². The summed E-state index contributed by atoms with van der Waals surface area (Å²) in [5.41, 5.74) is 2.95. The Hall–Kier alpha value is -2.43. The highest BCUT2D eigenvalue weighted by molar-refractivity contribution is 5.93. The van der Waals surface area contributed by atoms with Gasteiger partial charge < -0.3 is 10.2 Å². The first kappa shape index (κ1) is 17.4. The van der Waals surface area contributed by atoms with Gasteiger partial charge in [-0.1, -0.05) is 37.1 Å². The van der Waals surface area contributed by atoms with Gasteiger partial charge in [-0.3, -0.25) is 4.79 Å². The first-order valence-corrected chi connectivity index (χ1v) is 9.07. The third-order valence-electron chi connectivity index (χ3n) is 4.67. The van der Waals surface area contributed by atoms with Crippen LogP contribution in [0.5, 0.6) is 0 Å². The number of rotatable bonds is 4. The molecule has 5 heteroatoms. The summed E-state index contributed by atoms with van der Waals surface area (Å²) in [4.78, 5) is 23.5. The van der Waals surface area contributed by atoms with Crippen LogP contribution >= 0.6 is 0 Å². The highest BCUT2D eigenvalue weighted by atomic mass is 16.2. The van der Waals surface area contributed by atoms with E-state index in [0.29, 0.717) is 23.9 Å². The van der Waals surface area contributed by atoms with Crippen LogP contribution < -0.4 is 5.32 Å². The van der Waals surface area contributed by atoms with Crippen LogP contribution in [0.1, 0.15) is 53.1 Å². The molecule has 1 saturated heterocycles. The van der Waals surface area contributed by atoms with Gasteiger partial charge in [0.25, 0.3) is 5.91 Å². The molecule has 0 saturated carbocycles. The summed E-state index contributed by atoms with van der Waals surface area (Å²) in [5.74, 6) is 1.34. The maximum atomic E-state index is 12.8. The Labute approximate surface area is 149 Å². The van der Waals surface area contributed by atoms with Crippen molar-refractivity contribution in [3.8, 4) is 0 Å². The van der Waals surface area contributed by atoms with E-state index in [-0.39, 0.29) is 5.91 Å². The zero-order valence-corrected chi connectivity index (χ0v) is 15.1. The SMILES string of the molecule is Cc1nc(NCc2ccccc2C)cc(C(=O)N2CCCCCC2)n1. The van der Waals surface area contributed by atoms with Crippen molar-refractivity contribution in [2.24, 2.45) is 0 Å². The lowest BCUT2D eigenvalue weighted by Gasteiger charge is -2.20. The highest BCUT2D eigenvalue weighted by Crippen LogP contribution is 2.16. The van der Waals surface area contributed by atoms with Crippen LogP contribution in [0.15, 0.2) is 30.3 Å². The van der Waals surface area contributed by atoms with Gasteiger partial charge in [-0.15, -0.1) is 0 Å². The molecule has 2 aromatic rings. The number of anilines is 1. The van der Waals surface area contributed by atoms with Gasteiger partial charge >= 0.3 is 0 Å². The highest BCUT2D eigenvalue weighted by Gasteiger charge is 2.19. The number of carbonyl (C=O) groups is 1. The number of aryl methyl sites for hydroxylation is 2. The molecule has 3 rings (SSSR count). The van der Waals surface area contributed by atoms with Gasteiger partial charge in [0.1, 0.15) is 17.3 Å². The number of amides is 1. The summed E-state index contributed by atoms with van der Waals surface area (Å²) >= 11 is 0. The van der Waals surface area contributed by atoms with E-state index in [4.69, 9.17) is 0 Å². The quantitative estimate of drug-likeness (QED) is 0.923. The van der Waals surface area contributed by atoms with Gasteiger partial charge in [-0.05, 0) is 37.8 Å². The summed E-state index contributed by atoms with van der Waals surface area (Å²) in [7, 11) is 0. The molecule has 25 heavy (non-hydrogen) atoms. The van der Waals surface area contributed by atoms with Gasteiger partial charge in [0.05, 0.1) is 0 Å². The number of hydrogen-bond donors (Lipinski definition) is 1. The average Bonchev–Trinajstić information content (AvgIpc) is 2.89. The minimum atomic E-state index is 0.0198. The maximum Gasteiger partial charge on any atom is 0.272 e. The molecule has 0 spiro atoms. The molecule has 5 nitrogen and oxygen atoms in total. The van der Waals surface area contributed by atoms with E-state index in [1.54, 1.807) is 6.07 Å². The van der Waals surface area contributed by atoms with Crippen molar-refractivity contribution in [1.82, 2.24) is 14.9 Å². The van der Waals surface area contributed by atoms with Crippen molar-refractivity contribution in [1.29, 1.82) is 0 Å². The van der Waals surface area contributed by atoms with E-state index < -0.39 is 0 Å². The maximum absolute atomic E-state index is 12.8. The van der Waals surface area contributed by atoms with Gasteiger partial charge in [-0.25, -0.2) is 9.97 Å². The molecular formula is C20H26N4O. The average molecular weight is 338 g/mol. The fourth-order valence-corrected chi connectivity index (χ4v) is 3.20. The minimum Gasteiger partial charge on any atom is -0.366 e. The molecule has 1 aromatic carbocycles. The summed E-state index contributed by atoms with van der Waals surface area (Å²) in [6, 6.07) is 10.0. The third kappa shape index (κ3) is 4.56. The number of benzene rings is 1. The molecular weight excluding hydrogens is 312 g/mol. The van der Waals surface area contributed by atoms with Crippen LogP contribution in [-0.2, 0) is 6.54 Å². The lowest BCUT2D eigenvalue weighted by Crippen LogP contribution is -2.32. The number of nitrogens with one attached hydrogen (secondary N) is 1. The van der Waals surface area contributed by atoms with Crippen molar-refractivity contribution in [3.63, 3.8) is 0 Å². The van der Waals surface area contributed by atoms with Crippen LogP contribution in [0.2, 0.25) is 0 Å². The summed E-state index contributed by atoms with van der Waals surface area (Å²) < 4.78 is 0. The summed E-state index contributed by atoms with van der Waals surface area (Å²) in [6.07, 6.45) is 4.56. The van der Waals surface area contributed by atoms with Crippen LogP contribution in [-0.4, -0.2) is 33.9 Å². The molecule has 0 radical (unpaired) electrons. The molecule has 1 aliphatic rings. The van der Waals surface area contributed by atoms with Crippen molar-refractivity contribution >= 4 is 11.7 Å². The molecule has 132 valence electrons. The Bertz CT molecular complexity index is 736. The molecule has 0 unspecified atom stereocenters. The van der Waals surface area contributed by atoms with Crippen LogP contribution in [0.4, 0.5) is 5.82 Å². The molecule has 0 aliphatic carbocycles. The zero-order chi connectivity index (χ0) is 17.6. The number of hydrogen-bond acceptors (Lipinski definition) is 4. The smallest absolute Gasteiger partial charge is 0.272 e. The minimum absolute atomic E-state index is 0.0198. The fourth-order valence-electron chi connectivity index (χ4n) is 3.20. The predicted octanol–water partition coefficient (Wildman–Crippen LogP) is 3.72. The third-order valence-corrected chi connectivity index (χ3v) is 4.67. The largest absolute Gasteiger partial charge is 0.366 e. The fraction of sp³-hybridized carbons (Fsp3) is 0.450. The van der Waals surface area contributed by atoms with Crippen LogP contribution in [0, 0.1) is 13.8 Å². The van der Waals surface area contributed by atoms with Crippen molar-refractivity contribution in [3.05, 3.63) is 53.0 Å². The van der Waals surface area contributed by atoms with Gasteiger partial charge in [0.2, 0.25) is 0 Å². The van der Waals surface area contributed by atoms with E-state index in [0.717, 1.165) is 25.9 Å². The van der Waals surface area contributed by atoms with E-state index >= 15 is 0 Å². The second-order valence-electron chi connectivity index (χ2n) is 6.67. The first-order chi connectivity index (χ1) is 12.1. The van der Waals surface area contributed by atoms with Crippen molar-refractivity contribution in [2.45, 2.75) is 46.1 Å². The Balaban J connectivity index is 1.73. The Morgan fingerprint density at radius 1 is 1.08 bits per heavy atom. The lowest BCUT2D eigenvalue weighted by molar-refractivity contribution is 0.0755. The Kier molecular flexibility index (Phi) is 5.64. The van der Waals surface area contributed by atoms with E-state index in [2.05, 4.69) is 34.3 Å². The summed E-state index contributed by atoms with van der Waals surface area (Å²) in [5, 5.41) is 3.33. The number of nitrogens with zero attached hydrogens (tertiary/aromatic N) is 3. The first-order valence-electron chi connectivity index (χ1n) is 9.07. The van der Waals surface area contributed by atoms with E-state index in [1.807, 2.05) is 24.0 Å². The van der Waals surface area contributed by atoms with E-state index in [9.17, 15) is 4.79 Å². The van der Waals surface area contributed by atoms with E-state index in [1.165, 1.54) is 24.0 Å². The molecule has 1 aromatic heterocycles. The van der Waals surface area contributed by atoms with Crippen molar-refractivity contribution < 1.29 is 4.79 Å². The Morgan fingerprint density at radius 2 is 1.80 bits per heavy atom. The lowest BCUT2D eigenvalue weighted by atomic mass is 10.1. The Morgan fingerprint density at radius 3 is 2.52 bits per heavy atom. The zero-order valence-electron chi connectivity index (χ0n) is 15.1. The molecule has 0 atom stereocenters. The molecule has 2 heterocycles. The molecule has 1 N–H and O–H groups in total. The van der Waals surface area contributed by atoms with Gasteiger partial charge in [-0.2, -0.15) is 0 Å². The number of carbonyl (C=O) groups excluding carboxylic acids is 1. The molecule has 1 fully saturated rings. The predicted molar refractivity (Wildman–Crippen MR) is 99.6 cm³/mol. The molecule has 1 amide bonds. The van der Waals surface area contributed by atoms with Crippen LogP contribution in [0.3, 0.4) is 0 Å². The van der Waals surface area contributed by atoms with Gasteiger partial charge in [0, 0.05) is 25.7 Å². The topological polar surface area (TPSA) is 58.1 Å². The molecule has 0 bridgehead atoms. The monoisotopic (exact) mass is 338 g/mol. The number of likely N-dealkylation sites (tertiary alicyclic amines) is 1. The summed E-state index contributed by atoms with van der Waals surface area (Å²) in [6.45, 7) is 6.26. The second kappa shape index (κ2) is 8.10. The molecule has 1 aliphatic heterocycles. The van der Waals surface area contributed by atoms with Crippen LogP contribution in [0.25, 0.3) is 0 Å². The second-order valence-corrected chi connectivity index (χ2v) is 6.67. The van der Waals surface area contributed by atoms with Crippen molar-refractivity contribution in [2.75, 3.05) is 18.4 Å². The normalized spacial score (nSPS) is 14.9.